The molecule has 0 saturated carbocycles. The molecule has 1 aromatic rings. The molecule has 1 unspecified atom stereocenters. The zero-order valence-electron chi connectivity index (χ0n) is 9.84. The molecule has 0 aliphatic heterocycles. The third-order valence-corrected chi connectivity index (χ3v) is 2.97. The first kappa shape index (κ1) is 13.5. The van der Waals surface area contributed by atoms with Crippen LogP contribution in [0.4, 0.5) is 5.69 Å². The molecule has 5 N–H and O–H groups in total. The van der Waals surface area contributed by atoms with Crippen molar-refractivity contribution in [3.05, 3.63) is 29.3 Å². The van der Waals surface area contributed by atoms with Crippen LogP contribution in [0, 0.1) is 5.92 Å². The van der Waals surface area contributed by atoms with Crippen LogP contribution < -0.4 is 5.73 Å². The number of carboxylic acids is 1. The number of aliphatic hydroxyl groups is 2. The van der Waals surface area contributed by atoms with Gasteiger partial charge in [-0.05, 0) is 24.6 Å². The molecule has 0 radical (unpaired) electrons. The number of hydrogen-bond donors (Lipinski definition) is 4. The van der Waals surface area contributed by atoms with Gasteiger partial charge < -0.3 is 21.1 Å². The Morgan fingerprint density at radius 2 is 2.06 bits per heavy atom. The summed E-state index contributed by atoms with van der Waals surface area (Å²) in [5.41, 5.74) is 5.62. The summed E-state index contributed by atoms with van der Waals surface area (Å²) >= 11 is 0. The predicted octanol–water partition coefficient (Wildman–Crippen LogP) is 1.15. The van der Waals surface area contributed by atoms with Crippen LogP contribution in [-0.2, 0) is 5.79 Å². The van der Waals surface area contributed by atoms with Crippen LogP contribution in [0.25, 0.3) is 0 Å². The standard InChI is InChI=1S/C12H17NO4/c1-3-7(2)12(16,17)10-6-8(13)4-5-9(10)11(14)15/h4-7,16-17H,3,13H2,1-2H3,(H,14,15). The van der Waals surface area contributed by atoms with Crippen LogP contribution in [0.15, 0.2) is 18.2 Å². The van der Waals surface area contributed by atoms with Gasteiger partial charge in [0.25, 0.3) is 0 Å². The average Bonchev–Trinajstić information content (AvgIpc) is 2.27. The number of hydrogen-bond acceptors (Lipinski definition) is 4. The number of carbonyl (C=O) groups is 1. The Morgan fingerprint density at radius 3 is 2.53 bits per heavy atom. The highest BCUT2D eigenvalue weighted by Crippen LogP contribution is 2.32. The predicted molar refractivity (Wildman–Crippen MR) is 63.4 cm³/mol. The molecule has 1 rings (SSSR count). The molecule has 0 bridgehead atoms. The maximum Gasteiger partial charge on any atom is 0.336 e. The topological polar surface area (TPSA) is 104 Å². The highest BCUT2D eigenvalue weighted by molar-refractivity contribution is 5.90. The fraction of sp³-hybridized carbons (Fsp3) is 0.417. The summed E-state index contributed by atoms with van der Waals surface area (Å²) in [4.78, 5) is 11.0. The van der Waals surface area contributed by atoms with Gasteiger partial charge in [0.15, 0.2) is 5.79 Å². The summed E-state index contributed by atoms with van der Waals surface area (Å²) in [6.45, 7) is 3.42. The van der Waals surface area contributed by atoms with Crippen molar-refractivity contribution in [1.82, 2.24) is 0 Å². The molecular formula is C12H17NO4. The Balaban J connectivity index is 3.37. The first-order valence-electron chi connectivity index (χ1n) is 5.38. The molecule has 0 saturated heterocycles. The lowest BCUT2D eigenvalue weighted by atomic mass is 9.88. The van der Waals surface area contributed by atoms with Gasteiger partial charge in [-0.25, -0.2) is 4.79 Å². The van der Waals surface area contributed by atoms with Gasteiger partial charge in [-0.15, -0.1) is 0 Å². The van der Waals surface area contributed by atoms with Crippen molar-refractivity contribution in [2.45, 2.75) is 26.1 Å². The van der Waals surface area contributed by atoms with E-state index < -0.39 is 17.7 Å². The summed E-state index contributed by atoms with van der Waals surface area (Å²) in [6, 6.07) is 3.98. The maximum atomic E-state index is 11.0. The molecule has 5 heteroatoms. The molecule has 0 amide bonds. The number of benzene rings is 1. The van der Waals surface area contributed by atoms with E-state index in [1.807, 2.05) is 0 Å². The van der Waals surface area contributed by atoms with Crippen LogP contribution >= 0.6 is 0 Å². The lowest BCUT2D eigenvalue weighted by molar-refractivity contribution is -0.206. The number of anilines is 1. The number of aromatic carboxylic acids is 1. The lowest BCUT2D eigenvalue weighted by Gasteiger charge is -2.29. The monoisotopic (exact) mass is 239 g/mol. The third-order valence-electron chi connectivity index (χ3n) is 2.97. The zero-order chi connectivity index (χ0) is 13.2. The van der Waals surface area contributed by atoms with E-state index in [9.17, 15) is 15.0 Å². The largest absolute Gasteiger partial charge is 0.478 e. The summed E-state index contributed by atoms with van der Waals surface area (Å²) in [5, 5.41) is 29.1. The van der Waals surface area contributed by atoms with Crippen LogP contribution in [0.5, 0.6) is 0 Å². The van der Waals surface area contributed by atoms with Gasteiger partial charge in [0.1, 0.15) is 0 Å². The molecule has 1 atom stereocenters. The lowest BCUT2D eigenvalue weighted by Crippen LogP contribution is -2.34. The van der Waals surface area contributed by atoms with Crippen molar-refractivity contribution in [1.29, 1.82) is 0 Å². The maximum absolute atomic E-state index is 11.0. The van der Waals surface area contributed by atoms with Crippen molar-refractivity contribution >= 4 is 11.7 Å². The summed E-state index contributed by atoms with van der Waals surface area (Å²) in [5.74, 6) is -3.91. The highest BCUT2D eigenvalue weighted by atomic mass is 16.5. The minimum Gasteiger partial charge on any atom is -0.478 e. The Morgan fingerprint density at radius 1 is 1.47 bits per heavy atom. The van der Waals surface area contributed by atoms with Gasteiger partial charge in [0.2, 0.25) is 0 Å². The molecule has 5 nitrogen and oxygen atoms in total. The van der Waals surface area contributed by atoms with Gasteiger partial charge in [-0.3, -0.25) is 0 Å². The van der Waals surface area contributed by atoms with Crippen LogP contribution in [-0.4, -0.2) is 21.3 Å². The van der Waals surface area contributed by atoms with Gasteiger partial charge >= 0.3 is 5.97 Å². The minimum atomic E-state index is -2.20. The Labute approximate surface area is 99.5 Å². The fourth-order valence-electron chi connectivity index (χ4n) is 1.60. The van der Waals surface area contributed by atoms with Gasteiger partial charge in [-0.2, -0.15) is 0 Å². The quantitative estimate of drug-likeness (QED) is 0.466. The van der Waals surface area contributed by atoms with E-state index in [0.29, 0.717) is 12.1 Å². The minimum absolute atomic E-state index is 0.0700. The fourth-order valence-corrected chi connectivity index (χ4v) is 1.60. The van der Waals surface area contributed by atoms with E-state index in [-0.39, 0.29) is 11.1 Å². The van der Waals surface area contributed by atoms with E-state index in [4.69, 9.17) is 10.8 Å². The second kappa shape index (κ2) is 4.73. The molecule has 17 heavy (non-hydrogen) atoms. The molecule has 0 aliphatic rings. The Hall–Kier alpha value is -1.59. The van der Waals surface area contributed by atoms with Crippen molar-refractivity contribution in [3.63, 3.8) is 0 Å². The van der Waals surface area contributed by atoms with Crippen molar-refractivity contribution in [3.8, 4) is 0 Å². The van der Waals surface area contributed by atoms with Gasteiger partial charge in [-0.1, -0.05) is 13.8 Å². The summed E-state index contributed by atoms with van der Waals surface area (Å²) in [7, 11) is 0. The van der Waals surface area contributed by atoms with Gasteiger partial charge in [0.05, 0.1) is 5.56 Å². The molecule has 0 heterocycles. The van der Waals surface area contributed by atoms with Crippen LogP contribution in [0.3, 0.4) is 0 Å². The molecule has 0 fully saturated rings. The summed E-state index contributed by atoms with van der Waals surface area (Å²) < 4.78 is 0. The first-order valence-corrected chi connectivity index (χ1v) is 5.38. The first-order chi connectivity index (χ1) is 7.80. The SMILES string of the molecule is CCC(C)C(O)(O)c1cc(N)ccc1C(=O)O. The normalized spacial score (nSPS) is 13.4. The smallest absolute Gasteiger partial charge is 0.336 e. The van der Waals surface area contributed by atoms with E-state index in [1.165, 1.54) is 18.2 Å². The molecule has 94 valence electrons. The Kier molecular flexibility index (Phi) is 3.75. The molecule has 1 aromatic carbocycles. The zero-order valence-corrected chi connectivity index (χ0v) is 9.84. The van der Waals surface area contributed by atoms with Crippen LogP contribution in [0.1, 0.15) is 36.2 Å². The summed E-state index contributed by atoms with van der Waals surface area (Å²) in [6.07, 6.45) is 0.501. The highest BCUT2D eigenvalue weighted by Gasteiger charge is 2.35. The van der Waals surface area contributed by atoms with E-state index in [0.717, 1.165) is 0 Å². The van der Waals surface area contributed by atoms with Crippen molar-refractivity contribution in [2.75, 3.05) is 5.73 Å². The van der Waals surface area contributed by atoms with E-state index in [1.54, 1.807) is 13.8 Å². The average molecular weight is 239 g/mol. The van der Waals surface area contributed by atoms with E-state index in [2.05, 4.69) is 0 Å². The number of carboxylic acid groups (broad SMARTS) is 1. The second-order valence-corrected chi connectivity index (χ2v) is 4.15. The second-order valence-electron chi connectivity index (χ2n) is 4.15. The van der Waals surface area contributed by atoms with Gasteiger partial charge in [0, 0.05) is 17.2 Å². The van der Waals surface area contributed by atoms with Crippen molar-refractivity contribution in [2.24, 2.45) is 5.92 Å². The Bertz CT molecular complexity index is 429. The molecule has 0 spiro atoms. The van der Waals surface area contributed by atoms with Crippen molar-refractivity contribution < 1.29 is 20.1 Å². The van der Waals surface area contributed by atoms with Crippen LogP contribution in [0.2, 0.25) is 0 Å². The molecule has 0 aromatic heterocycles. The number of rotatable bonds is 4. The molecule has 0 aliphatic carbocycles. The number of nitrogen functional groups attached to an aromatic ring is 1. The number of nitrogens with two attached hydrogens (primary N) is 1. The molecular weight excluding hydrogens is 222 g/mol. The third kappa shape index (κ3) is 2.57. The van der Waals surface area contributed by atoms with E-state index >= 15 is 0 Å².